The molecule has 2 nitrogen and oxygen atoms in total. The summed E-state index contributed by atoms with van der Waals surface area (Å²) >= 11 is 0. The summed E-state index contributed by atoms with van der Waals surface area (Å²) in [5.74, 6) is 0.259. The van der Waals surface area contributed by atoms with Crippen LogP contribution >= 0.6 is 0 Å². The number of aliphatic imine (C=N–C) groups is 1. The molecule has 0 saturated heterocycles. The summed E-state index contributed by atoms with van der Waals surface area (Å²) in [6.07, 6.45) is 6.35. The van der Waals surface area contributed by atoms with Crippen molar-refractivity contribution in [2.45, 2.75) is 27.7 Å². The molecule has 4 rings (SSSR count). The fourth-order valence-corrected chi connectivity index (χ4v) is 4.41. The molecule has 0 aliphatic rings. The third kappa shape index (κ3) is 5.50. The molecule has 36 heavy (non-hydrogen) atoms. The van der Waals surface area contributed by atoms with Crippen LogP contribution < -0.4 is 0 Å². The Morgan fingerprint density at radius 2 is 1.31 bits per heavy atom. The molecule has 0 heterocycles. The summed E-state index contributed by atoms with van der Waals surface area (Å²) < 4.78 is 0. The first kappa shape index (κ1) is 24.8. The molecule has 0 fully saturated rings. The van der Waals surface area contributed by atoms with Gasteiger partial charge in [0, 0.05) is 11.3 Å². The second-order valence-electron chi connectivity index (χ2n) is 8.80. The molecule has 1 N–H and O–H groups in total. The molecule has 0 amide bonds. The second-order valence-corrected chi connectivity index (χ2v) is 8.80. The van der Waals surface area contributed by atoms with Crippen LogP contribution in [0.5, 0.6) is 0 Å². The molecule has 0 saturated carbocycles. The SMILES string of the molecule is C/C=C\C(=C/C)c1cc(/C(C)=N/C(=N)c2ccc(-c3ccccc3)cc2)cc(-c2ccccc2)c1C. The van der Waals surface area contributed by atoms with Gasteiger partial charge < -0.3 is 0 Å². The van der Waals surface area contributed by atoms with Crippen molar-refractivity contribution in [1.82, 2.24) is 0 Å². The number of hydrogen-bond donors (Lipinski definition) is 1. The fourth-order valence-electron chi connectivity index (χ4n) is 4.41. The van der Waals surface area contributed by atoms with Crippen LogP contribution in [0.3, 0.4) is 0 Å². The lowest BCUT2D eigenvalue weighted by molar-refractivity contribution is 1.38. The summed E-state index contributed by atoms with van der Waals surface area (Å²) in [5.41, 5.74) is 10.9. The number of nitrogens with zero attached hydrogens (tertiary/aromatic N) is 1. The standard InChI is InChI=1S/C34H32N2/c1-5-13-26(6-2)32-22-31(23-33(24(32)3)29-16-11-8-12-17-29)25(4)36-34(35)30-20-18-28(19-21-30)27-14-9-7-10-15-27/h5-23,35H,1-4H3/b13-5-,26-6+,35-34?,36-25+. The third-order valence-electron chi connectivity index (χ3n) is 6.42. The Kier molecular flexibility index (Phi) is 7.87. The zero-order valence-corrected chi connectivity index (χ0v) is 21.4. The quantitative estimate of drug-likeness (QED) is 0.166. The lowest BCUT2D eigenvalue weighted by atomic mass is 9.89. The van der Waals surface area contributed by atoms with E-state index in [0.717, 1.165) is 28.0 Å². The lowest BCUT2D eigenvalue weighted by Gasteiger charge is -2.16. The molecule has 0 aromatic heterocycles. The van der Waals surface area contributed by atoms with Crippen molar-refractivity contribution in [3.8, 4) is 22.3 Å². The Morgan fingerprint density at radius 3 is 1.89 bits per heavy atom. The number of nitrogens with one attached hydrogen (secondary N) is 1. The summed E-state index contributed by atoms with van der Waals surface area (Å²) in [6, 6.07) is 33.2. The number of amidine groups is 1. The molecule has 4 aromatic rings. The van der Waals surface area contributed by atoms with Gasteiger partial charge in [-0.15, -0.1) is 0 Å². The van der Waals surface area contributed by atoms with Crippen LogP contribution in [0, 0.1) is 12.3 Å². The summed E-state index contributed by atoms with van der Waals surface area (Å²) in [4.78, 5) is 4.72. The van der Waals surface area contributed by atoms with E-state index < -0.39 is 0 Å². The molecule has 4 aromatic carbocycles. The predicted molar refractivity (Wildman–Crippen MR) is 156 cm³/mol. The molecule has 0 spiro atoms. The highest BCUT2D eigenvalue weighted by molar-refractivity contribution is 6.11. The molecule has 0 aliphatic heterocycles. The molecule has 0 aliphatic carbocycles. The van der Waals surface area contributed by atoms with E-state index in [-0.39, 0.29) is 5.84 Å². The van der Waals surface area contributed by atoms with Gasteiger partial charge in [0.15, 0.2) is 5.84 Å². The van der Waals surface area contributed by atoms with Crippen molar-refractivity contribution in [1.29, 1.82) is 5.41 Å². The Labute approximate surface area is 214 Å². The van der Waals surface area contributed by atoms with Gasteiger partial charge in [0.1, 0.15) is 0 Å². The van der Waals surface area contributed by atoms with Gasteiger partial charge in [0.05, 0.1) is 0 Å². The van der Waals surface area contributed by atoms with Crippen molar-refractivity contribution in [2.75, 3.05) is 0 Å². The monoisotopic (exact) mass is 468 g/mol. The summed E-state index contributed by atoms with van der Waals surface area (Å²) in [7, 11) is 0. The van der Waals surface area contributed by atoms with Gasteiger partial charge in [-0.25, -0.2) is 4.99 Å². The van der Waals surface area contributed by atoms with Crippen molar-refractivity contribution in [2.24, 2.45) is 4.99 Å². The van der Waals surface area contributed by atoms with E-state index in [0.29, 0.717) is 0 Å². The first-order valence-corrected chi connectivity index (χ1v) is 12.3. The summed E-state index contributed by atoms with van der Waals surface area (Å²) in [6.45, 7) is 8.27. The summed E-state index contributed by atoms with van der Waals surface area (Å²) in [5, 5.41) is 8.67. The van der Waals surface area contributed by atoms with Crippen LogP contribution in [0.25, 0.3) is 27.8 Å². The maximum atomic E-state index is 8.67. The van der Waals surface area contributed by atoms with Gasteiger partial charge in [-0.05, 0) is 84.3 Å². The van der Waals surface area contributed by atoms with E-state index in [1.54, 1.807) is 0 Å². The Bertz CT molecular complexity index is 1440. The van der Waals surface area contributed by atoms with Crippen LogP contribution in [0.4, 0.5) is 0 Å². The minimum absolute atomic E-state index is 0.259. The van der Waals surface area contributed by atoms with E-state index in [1.165, 1.54) is 27.8 Å². The molecule has 2 heteroatoms. The zero-order valence-electron chi connectivity index (χ0n) is 21.4. The Balaban J connectivity index is 1.73. The van der Waals surface area contributed by atoms with Crippen LogP contribution in [0.2, 0.25) is 0 Å². The molecule has 0 unspecified atom stereocenters. The number of benzene rings is 4. The zero-order chi connectivity index (χ0) is 25.5. The highest BCUT2D eigenvalue weighted by Gasteiger charge is 2.13. The largest absolute Gasteiger partial charge is 0.282 e. The Morgan fingerprint density at radius 1 is 0.722 bits per heavy atom. The first-order chi connectivity index (χ1) is 17.5. The van der Waals surface area contributed by atoms with Gasteiger partial charge in [-0.2, -0.15) is 0 Å². The first-order valence-electron chi connectivity index (χ1n) is 12.3. The minimum Gasteiger partial charge on any atom is -0.282 e. The Hall–Kier alpha value is -4.30. The minimum atomic E-state index is 0.259. The molecule has 0 atom stereocenters. The molecular weight excluding hydrogens is 436 g/mol. The van der Waals surface area contributed by atoms with E-state index in [9.17, 15) is 0 Å². The topological polar surface area (TPSA) is 36.2 Å². The van der Waals surface area contributed by atoms with E-state index >= 15 is 0 Å². The van der Waals surface area contributed by atoms with Gasteiger partial charge in [-0.3, -0.25) is 5.41 Å². The smallest absolute Gasteiger partial charge is 0.152 e. The van der Waals surface area contributed by atoms with Crippen LogP contribution in [-0.2, 0) is 0 Å². The third-order valence-corrected chi connectivity index (χ3v) is 6.42. The van der Waals surface area contributed by atoms with E-state index in [4.69, 9.17) is 10.4 Å². The molecule has 178 valence electrons. The van der Waals surface area contributed by atoms with Gasteiger partial charge in [-0.1, -0.05) is 103 Å². The maximum Gasteiger partial charge on any atom is 0.152 e. The van der Waals surface area contributed by atoms with Crippen LogP contribution in [0.15, 0.2) is 120 Å². The van der Waals surface area contributed by atoms with E-state index in [2.05, 4.69) is 92.7 Å². The number of hydrogen-bond acceptors (Lipinski definition) is 1. The fraction of sp³-hybridized carbons (Fsp3) is 0.118. The highest BCUT2D eigenvalue weighted by Crippen LogP contribution is 2.32. The maximum absolute atomic E-state index is 8.67. The van der Waals surface area contributed by atoms with Gasteiger partial charge in [0.25, 0.3) is 0 Å². The van der Waals surface area contributed by atoms with Crippen LogP contribution in [0.1, 0.15) is 43.0 Å². The van der Waals surface area contributed by atoms with Crippen molar-refractivity contribution < 1.29 is 0 Å². The van der Waals surface area contributed by atoms with Crippen molar-refractivity contribution in [3.05, 3.63) is 138 Å². The average Bonchev–Trinajstić information content (AvgIpc) is 2.93. The second kappa shape index (κ2) is 11.4. The van der Waals surface area contributed by atoms with Gasteiger partial charge >= 0.3 is 0 Å². The lowest BCUT2D eigenvalue weighted by Crippen LogP contribution is -2.04. The normalized spacial score (nSPS) is 12.2. The predicted octanol–water partition coefficient (Wildman–Crippen LogP) is 9.14. The van der Waals surface area contributed by atoms with Crippen molar-refractivity contribution in [3.63, 3.8) is 0 Å². The van der Waals surface area contributed by atoms with Crippen LogP contribution in [-0.4, -0.2) is 11.5 Å². The molecular formula is C34H32N2. The average molecular weight is 469 g/mol. The number of allylic oxidation sites excluding steroid dienone is 4. The van der Waals surface area contributed by atoms with E-state index in [1.807, 2.05) is 50.2 Å². The van der Waals surface area contributed by atoms with Gasteiger partial charge in [0.2, 0.25) is 0 Å². The highest BCUT2D eigenvalue weighted by atomic mass is 14.8. The molecule has 0 bridgehead atoms. The number of rotatable bonds is 6. The van der Waals surface area contributed by atoms with Crippen molar-refractivity contribution >= 4 is 17.1 Å². The molecule has 0 radical (unpaired) electrons.